The van der Waals surface area contributed by atoms with Crippen LogP contribution in [-0.4, -0.2) is 16.9 Å². The maximum Gasteiger partial charge on any atom is 0.123 e. The van der Waals surface area contributed by atoms with Gasteiger partial charge < -0.3 is 10.5 Å². The molecule has 0 aliphatic carbocycles. The second-order valence-electron chi connectivity index (χ2n) is 7.89. The molecule has 0 aliphatic heterocycles. The van der Waals surface area contributed by atoms with Crippen molar-refractivity contribution in [2.24, 2.45) is 5.73 Å². The number of fused-ring (bicyclic) bond motifs is 1. The van der Waals surface area contributed by atoms with Crippen molar-refractivity contribution in [1.82, 2.24) is 9.78 Å². The van der Waals surface area contributed by atoms with Crippen LogP contribution in [0.3, 0.4) is 0 Å². The van der Waals surface area contributed by atoms with Crippen LogP contribution in [0.5, 0.6) is 5.75 Å². The third-order valence-corrected chi connectivity index (χ3v) is 5.17. The topological polar surface area (TPSA) is 53.1 Å². The van der Waals surface area contributed by atoms with Gasteiger partial charge in [-0.25, -0.2) is 0 Å². The second kappa shape index (κ2) is 7.12. The van der Waals surface area contributed by atoms with Gasteiger partial charge in [-0.15, -0.1) is 0 Å². The van der Waals surface area contributed by atoms with E-state index in [-0.39, 0.29) is 5.41 Å². The van der Waals surface area contributed by atoms with Crippen molar-refractivity contribution in [3.8, 4) is 5.75 Å². The lowest BCUT2D eigenvalue weighted by Gasteiger charge is -2.26. The number of ether oxygens (including phenoxy) is 1. The van der Waals surface area contributed by atoms with Crippen molar-refractivity contribution < 1.29 is 4.74 Å². The fourth-order valence-electron chi connectivity index (χ4n) is 3.39. The Labute approximate surface area is 156 Å². The highest BCUT2D eigenvalue weighted by Crippen LogP contribution is 2.31. The minimum Gasteiger partial charge on any atom is -0.496 e. The Bertz CT molecular complexity index is 909. The molecular formula is C22H29N3O. The van der Waals surface area contributed by atoms with Crippen LogP contribution < -0.4 is 10.5 Å². The van der Waals surface area contributed by atoms with E-state index in [0.717, 1.165) is 17.9 Å². The van der Waals surface area contributed by atoms with Crippen LogP contribution in [0.1, 0.15) is 50.3 Å². The Morgan fingerprint density at radius 3 is 2.58 bits per heavy atom. The Morgan fingerprint density at radius 2 is 1.92 bits per heavy atom. The lowest BCUT2D eigenvalue weighted by Crippen LogP contribution is -2.25. The predicted molar refractivity (Wildman–Crippen MR) is 108 cm³/mol. The summed E-state index contributed by atoms with van der Waals surface area (Å²) in [7, 11) is 1.69. The average Bonchev–Trinajstić information content (AvgIpc) is 3.02. The van der Waals surface area contributed by atoms with E-state index in [1.54, 1.807) is 7.11 Å². The molecule has 0 saturated heterocycles. The van der Waals surface area contributed by atoms with Crippen molar-refractivity contribution in [2.75, 3.05) is 7.11 Å². The lowest BCUT2D eigenvalue weighted by atomic mass is 9.84. The van der Waals surface area contributed by atoms with Gasteiger partial charge in [-0.05, 0) is 35.2 Å². The molecule has 1 aromatic heterocycles. The number of methoxy groups -OCH3 is 1. The van der Waals surface area contributed by atoms with Crippen LogP contribution in [0.4, 0.5) is 0 Å². The Hall–Kier alpha value is -2.33. The smallest absolute Gasteiger partial charge is 0.123 e. The van der Waals surface area contributed by atoms with Crippen molar-refractivity contribution in [3.05, 3.63) is 59.3 Å². The molecule has 138 valence electrons. The van der Waals surface area contributed by atoms with E-state index in [4.69, 9.17) is 10.5 Å². The predicted octanol–water partition coefficient (Wildman–Crippen LogP) is 4.60. The zero-order chi connectivity index (χ0) is 18.9. The molecule has 0 atom stereocenters. The molecule has 3 rings (SSSR count). The minimum absolute atomic E-state index is 0.0872. The van der Waals surface area contributed by atoms with Crippen molar-refractivity contribution >= 4 is 10.9 Å². The molecule has 0 fully saturated rings. The molecule has 0 unspecified atom stereocenters. The molecule has 26 heavy (non-hydrogen) atoms. The van der Waals surface area contributed by atoms with Gasteiger partial charge in [0.2, 0.25) is 0 Å². The van der Waals surface area contributed by atoms with Gasteiger partial charge in [-0.2, -0.15) is 5.10 Å². The van der Waals surface area contributed by atoms with E-state index in [1.165, 1.54) is 22.0 Å². The molecule has 0 spiro atoms. The molecule has 0 aliphatic rings. The molecular weight excluding hydrogens is 322 g/mol. The van der Waals surface area contributed by atoms with Gasteiger partial charge in [0.15, 0.2) is 0 Å². The van der Waals surface area contributed by atoms with Gasteiger partial charge in [0.25, 0.3) is 0 Å². The van der Waals surface area contributed by atoms with Gasteiger partial charge in [-0.3, -0.25) is 4.68 Å². The fraction of sp³-hybridized carbons (Fsp3) is 0.409. The molecule has 1 heterocycles. The van der Waals surface area contributed by atoms with Crippen molar-refractivity contribution in [1.29, 1.82) is 0 Å². The highest BCUT2D eigenvalue weighted by atomic mass is 16.5. The van der Waals surface area contributed by atoms with E-state index in [9.17, 15) is 0 Å². The first-order valence-corrected chi connectivity index (χ1v) is 9.18. The van der Waals surface area contributed by atoms with Gasteiger partial charge >= 0.3 is 0 Å². The molecule has 2 N–H and O–H groups in total. The SMILES string of the molecule is COc1cc(C(C)(C)Cn2ncc3cc(C(C)C)ccc32)ccc1CN. The first-order valence-electron chi connectivity index (χ1n) is 9.18. The maximum atomic E-state index is 5.80. The number of nitrogens with zero attached hydrogens (tertiary/aromatic N) is 2. The molecule has 0 amide bonds. The van der Waals surface area contributed by atoms with Crippen LogP contribution in [0.25, 0.3) is 10.9 Å². The van der Waals surface area contributed by atoms with Crippen LogP contribution >= 0.6 is 0 Å². The van der Waals surface area contributed by atoms with Crippen molar-refractivity contribution in [3.63, 3.8) is 0 Å². The zero-order valence-electron chi connectivity index (χ0n) is 16.4. The number of nitrogens with two attached hydrogens (primary N) is 1. The van der Waals surface area contributed by atoms with E-state index in [1.807, 2.05) is 6.20 Å². The quantitative estimate of drug-likeness (QED) is 0.706. The normalized spacial score (nSPS) is 12.1. The highest BCUT2D eigenvalue weighted by molar-refractivity contribution is 5.79. The molecule has 0 bridgehead atoms. The molecule has 2 aromatic carbocycles. The lowest BCUT2D eigenvalue weighted by molar-refractivity contribution is 0.396. The summed E-state index contributed by atoms with van der Waals surface area (Å²) < 4.78 is 7.61. The summed E-state index contributed by atoms with van der Waals surface area (Å²) in [5.41, 5.74) is 10.5. The number of hydrogen-bond donors (Lipinski definition) is 1. The van der Waals surface area contributed by atoms with Crippen LogP contribution in [0, 0.1) is 0 Å². The minimum atomic E-state index is -0.0872. The highest BCUT2D eigenvalue weighted by Gasteiger charge is 2.24. The summed E-state index contributed by atoms with van der Waals surface area (Å²) in [6, 6.07) is 12.9. The van der Waals surface area contributed by atoms with Crippen LogP contribution in [0.2, 0.25) is 0 Å². The monoisotopic (exact) mass is 351 g/mol. The summed E-state index contributed by atoms with van der Waals surface area (Å²) >= 11 is 0. The summed E-state index contributed by atoms with van der Waals surface area (Å²) in [4.78, 5) is 0. The largest absolute Gasteiger partial charge is 0.496 e. The van der Waals surface area contributed by atoms with Crippen molar-refractivity contribution in [2.45, 2.75) is 52.1 Å². The third-order valence-electron chi connectivity index (χ3n) is 5.17. The first kappa shape index (κ1) is 18.5. The van der Waals surface area contributed by atoms with Gasteiger partial charge in [0.05, 0.1) is 25.4 Å². The standard InChI is InChI=1S/C22H29N3O/c1-15(2)16-7-9-20-18(10-16)13-24-25(20)14-22(3,4)19-8-6-17(12-23)21(11-19)26-5/h6-11,13,15H,12,14,23H2,1-5H3. The van der Waals surface area contributed by atoms with Crippen LogP contribution in [0.15, 0.2) is 42.6 Å². The van der Waals surface area contributed by atoms with E-state index >= 15 is 0 Å². The molecule has 4 heteroatoms. The number of aromatic nitrogens is 2. The fourth-order valence-corrected chi connectivity index (χ4v) is 3.39. The Kier molecular flexibility index (Phi) is 5.05. The van der Waals surface area contributed by atoms with E-state index in [0.29, 0.717) is 12.5 Å². The summed E-state index contributed by atoms with van der Waals surface area (Å²) in [6.07, 6.45) is 1.97. The van der Waals surface area contributed by atoms with Gasteiger partial charge in [-0.1, -0.05) is 45.9 Å². The van der Waals surface area contributed by atoms with E-state index < -0.39 is 0 Å². The maximum absolute atomic E-state index is 5.80. The molecule has 0 saturated carbocycles. The number of hydrogen-bond acceptors (Lipinski definition) is 3. The summed E-state index contributed by atoms with van der Waals surface area (Å²) in [6.45, 7) is 10.2. The second-order valence-corrected chi connectivity index (χ2v) is 7.89. The number of rotatable bonds is 6. The summed E-state index contributed by atoms with van der Waals surface area (Å²) in [5, 5.41) is 5.85. The Morgan fingerprint density at radius 1 is 1.15 bits per heavy atom. The Balaban J connectivity index is 1.93. The number of benzene rings is 2. The van der Waals surface area contributed by atoms with Gasteiger partial charge in [0.1, 0.15) is 5.75 Å². The van der Waals surface area contributed by atoms with Gasteiger partial charge in [0, 0.05) is 22.9 Å². The molecule has 0 radical (unpaired) electrons. The zero-order valence-corrected chi connectivity index (χ0v) is 16.4. The average molecular weight is 351 g/mol. The molecule has 4 nitrogen and oxygen atoms in total. The summed E-state index contributed by atoms with van der Waals surface area (Å²) in [5.74, 6) is 1.37. The van der Waals surface area contributed by atoms with Crippen LogP contribution in [-0.2, 0) is 18.5 Å². The van der Waals surface area contributed by atoms with E-state index in [2.05, 4.69) is 73.9 Å². The molecule has 3 aromatic rings. The third kappa shape index (κ3) is 3.47. The first-order chi connectivity index (χ1) is 12.4.